The third-order valence-corrected chi connectivity index (χ3v) is 14.8. The molecular weight excluding hydrogens is 925 g/mol. The summed E-state index contributed by atoms with van der Waals surface area (Å²) in [6.07, 6.45) is 2.49. The van der Waals surface area contributed by atoms with Gasteiger partial charge in [-0.25, -0.2) is 0 Å². The molecule has 7 aromatic carbocycles. The van der Waals surface area contributed by atoms with Gasteiger partial charge in [0.15, 0.2) is 0 Å². The number of aryl methyl sites for hydroxylation is 1. The lowest BCUT2D eigenvalue weighted by Gasteiger charge is -2.07. The fourth-order valence-electron chi connectivity index (χ4n) is 8.21. The second-order valence-corrected chi connectivity index (χ2v) is 20.8. The maximum atomic E-state index is 12.7. The van der Waals surface area contributed by atoms with Crippen LogP contribution in [0.5, 0.6) is 0 Å². The SMILES string of the molecule is Cc1cc(-n2n3c4ccc5cc(S(=O)(=O)O)ccc5c4n23)ccc1N=Nc1ccc(C=Cc2ccc(-n3n4c5cc(S(=O)(=O)O)c6ccccc6c5n34)cc2S(=O)(=O)O)c(S(=O)(=O)O)c1. The second kappa shape index (κ2) is 13.4. The average molecular weight is 953 g/mol. The molecule has 0 spiro atoms. The Morgan fingerprint density at radius 1 is 0.477 bits per heavy atom. The zero-order valence-corrected chi connectivity index (χ0v) is 36.2. The Bertz CT molecular complexity index is 4380. The lowest BCUT2D eigenvalue weighted by molar-refractivity contribution is 0.480. The number of fused-ring (bicyclic) bond motifs is 12. The van der Waals surface area contributed by atoms with Crippen molar-refractivity contribution in [3.8, 4) is 11.4 Å². The molecule has 0 unspecified atom stereocenters. The largest absolute Gasteiger partial charge is 0.295 e. The minimum atomic E-state index is -4.88. The van der Waals surface area contributed by atoms with Crippen molar-refractivity contribution in [2.45, 2.75) is 26.5 Å². The highest BCUT2D eigenvalue weighted by Crippen LogP contribution is 2.38. The molecule has 11 rings (SSSR count). The first-order chi connectivity index (χ1) is 30.7. The van der Waals surface area contributed by atoms with Gasteiger partial charge in [0.25, 0.3) is 40.5 Å². The van der Waals surface area contributed by atoms with Crippen LogP contribution in [-0.4, -0.2) is 80.0 Å². The number of aromatic nitrogens is 6. The maximum absolute atomic E-state index is 12.7. The molecule has 20 nitrogen and oxygen atoms in total. The molecule has 0 aliphatic heterocycles. The number of azo groups is 1. The van der Waals surface area contributed by atoms with Crippen LogP contribution in [0.4, 0.5) is 11.4 Å². The van der Waals surface area contributed by atoms with Gasteiger partial charge in [-0.05, 0) is 95.7 Å². The molecule has 4 aromatic heterocycles. The van der Waals surface area contributed by atoms with Crippen molar-refractivity contribution in [2.24, 2.45) is 10.2 Å². The highest BCUT2D eigenvalue weighted by Gasteiger charge is 2.31. The Kier molecular flexibility index (Phi) is 8.39. The van der Waals surface area contributed by atoms with Crippen LogP contribution in [0, 0.1) is 6.92 Å². The van der Waals surface area contributed by atoms with Gasteiger partial charge in [-0.15, -0.1) is 18.5 Å². The van der Waals surface area contributed by atoms with Gasteiger partial charge in [-0.3, -0.25) is 18.2 Å². The van der Waals surface area contributed by atoms with Crippen LogP contribution in [0.1, 0.15) is 16.7 Å². The molecule has 11 aromatic rings. The molecule has 0 atom stereocenters. The van der Waals surface area contributed by atoms with Gasteiger partial charge >= 0.3 is 0 Å². The molecule has 0 radical (unpaired) electrons. The third kappa shape index (κ3) is 6.45. The third-order valence-electron chi connectivity index (χ3n) is 11.2. The first-order valence-electron chi connectivity index (χ1n) is 19.0. The normalized spacial score (nSPS) is 13.7. The van der Waals surface area contributed by atoms with Crippen LogP contribution in [0.25, 0.3) is 67.1 Å². The highest BCUT2D eigenvalue weighted by molar-refractivity contribution is 7.86. The van der Waals surface area contributed by atoms with Crippen molar-refractivity contribution < 1.29 is 51.9 Å². The summed E-state index contributed by atoms with van der Waals surface area (Å²) in [5, 5.41) is 10.7. The topological polar surface area (TPSA) is 270 Å². The van der Waals surface area contributed by atoms with E-state index in [0.29, 0.717) is 33.1 Å². The van der Waals surface area contributed by atoms with E-state index in [9.17, 15) is 51.9 Å². The van der Waals surface area contributed by atoms with Crippen LogP contribution in [0.3, 0.4) is 0 Å². The Morgan fingerprint density at radius 2 is 1.06 bits per heavy atom. The maximum Gasteiger partial charge on any atom is 0.295 e. The van der Waals surface area contributed by atoms with Crippen molar-refractivity contribution >= 4 is 108 Å². The first kappa shape index (κ1) is 40.6. The number of benzene rings is 7. The first-order valence-corrected chi connectivity index (χ1v) is 24.8. The fourth-order valence-corrected chi connectivity index (χ4v) is 10.9. The molecule has 4 N–H and O–H groups in total. The van der Waals surface area contributed by atoms with Crippen LogP contribution < -0.4 is 0 Å². The summed E-state index contributed by atoms with van der Waals surface area (Å²) in [6, 6.07) is 29.2. The second-order valence-electron chi connectivity index (χ2n) is 15.2. The van der Waals surface area contributed by atoms with E-state index in [1.807, 2.05) is 33.1 Å². The molecule has 0 saturated carbocycles. The zero-order chi connectivity index (χ0) is 45.7. The van der Waals surface area contributed by atoms with Crippen molar-refractivity contribution in [3.63, 3.8) is 0 Å². The molecular formula is C41H28N8O12S4. The Morgan fingerprint density at radius 3 is 1.71 bits per heavy atom. The number of hydrogen-bond donors (Lipinski definition) is 4. The van der Waals surface area contributed by atoms with E-state index in [-0.39, 0.29) is 37.7 Å². The van der Waals surface area contributed by atoms with E-state index >= 15 is 0 Å². The molecule has 4 heterocycles. The van der Waals surface area contributed by atoms with Crippen molar-refractivity contribution in [3.05, 3.63) is 132 Å². The zero-order valence-electron chi connectivity index (χ0n) is 32.9. The van der Waals surface area contributed by atoms with E-state index < -0.39 is 50.3 Å². The van der Waals surface area contributed by atoms with Crippen molar-refractivity contribution in [2.75, 3.05) is 0 Å². The summed E-state index contributed by atoms with van der Waals surface area (Å²) >= 11 is 0. The van der Waals surface area contributed by atoms with Gasteiger partial charge in [-0.1, -0.05) is 60.7 Å². The summed E-state index contributed by atoms with van der Waals surface area (Å²) < 4.78 is 145. The summed E-state index contributed by atoms with van der Waals surface area (Å²) in [5.74, 6) is 0. The van der Waals surface area contributed by atoms with Gasteiger partial charge in [0.2, 0.25) is 0 Å². The molecule has 0 aliphatic carbocycles. The molecule has 24 heteroatoms. The number of hydrogen-bond acceptors (Lipinski definition) is 10. The molecule has 65 heavy (non-hydrogen) atoms. The molecule has 0 saturated heterocycles. The monoisotopic (exact) mass is 952 g/mol. The van der Waals surface area contributed by atoms with Crippen LogP contribution in [-0.2, 0) is 40.5 Å². The molecule has 0 fully saturated rings. The van der Waals surface area contributed by atoms with Gasteiger partial charge in [0, 0.05) is 16.2 Å². The molecule has 0 aliphatic rings. The molecule has 328 valence electrons. The summed E-state index contributed by atoms with van der Waals surface area (Å²) in [4.78, 5) is 1.81. The average Bonchev–Trinajstić information content (AvgIpc) is 4.10. The van der Waals surface area contributed by atoms with Crippen LogP contribution >= 0.6 is 0 Å². The quantitative estimate of drug-likeness (QED) is 0.0596. The number of rotatable bonds is 10. The summed E-state index contributed by atoms with van der Waals surface area (Å²) in [5.41, 5.74) is 4.96. The predicted molar refractivity (Wildman–Crippen MR) is 236 cm³/mol. The Balaban J connectivity index is 0.871. The van der Waals surface area contributed by atoms with Crippen LogP contribution in [0.2, 0.25) is 0 Å². The minimum absolute atomic E-state index is 0.0355. The van der Waals surface area contributed by atoms with E-state index in [1.165, 1.54) is 70.1 Å². The lowest BCUT2D eigenvalue weighted by Crippen LogP contribution is -2.03. The van der Waals surface area contributed by atoms with E-state index in [0.717, 1.165) is 28.2 Å². The smallest absolute Gasteiger partial charge is 0.282 e. The fraction of sp³-hybridized carbons (Fsp3) is 0.0244. The van der Waals surface area contributed by atoms with Gasteiger partial charge in [0.1, 0.15) is 36.8 Å². The van der Waals surface area contributed by atoms with Gasteiger partial charge < -0.3 is 0 Å². The lowest BCUT2D eigenvalue weighted by atomic mass is 10.1. The standard InChI is InChI=1S/C41H28N8O12S4/c1-23-18-28(44-46-35-17-10-26-19-30(62(50,51)52)14-15-31(26)40(35)48(44)46)13-16-34(23)43-42-27-11-8-24(37(20-27)63(53,54)55)6-7-25-9-12-29(21-38(25)64(56,57)58)45-47-36-22-39(65(59,60)61)32-4-2-3-5-33(32)41(36)49(45)47/h2-22H,1H3,(H,50,51,52)(H,53,54,55)(H,56,57,58)(H,59,60,61). The van der Waals surface area contributed by atoms with Crippen molar-refractivity contribution in [1.82, 2.24) is 28.1 Å². The van der Waals surface area contributed by atoms with Gasteiger partial charge in [0.05, 0.1) is 27.6 Å². The summed E-state index contributed by atoms with van der Waals surface area (Å²) in [7, 11) is -18.7. The number of nitrogens with zero attached hydrogens (tertiary/aromatic N) is 8. The van der Waals surface area contributed by atoms with Gasteiger partial charge in [-0.2, -0.15) is 53.5 Å². The minimum Gasteiger partial charge on any atom is -0.282 e. The molecule has 0 bridgehead atoms. The molecule has 0 amide bonds. The van der Waals surface area contributed by atoms with Crippen LogP contribution in [0.15, 0.2) is 145 Å². The van der Waals surface area contributed by atoms with Crippen molar-refractivity contribution in [1.29, 1.82) is 0 Å². The highest BCUT2D eigenvalue weighted by atomic mass is 32.2. The summed E-state index contributed by atoms with van der Waals surface area (Å²) in [6.45, 7) is 1.81. The Labute approximate surface area is 365 Å². The van der Waals surface area contributed by atoms with E-state index in [4.69, 9.17) is 0 Å². The van der Waals surface area contributed by atoms with E-state index in [2.05, 4.69) is 10.2 Å². The predicted octanol–water partition coefficient (Wildman–Crippen LogP) is 7.34. The van der Waals surface area contributed by atoms with E-state index in [1.54, 1.807) is 53.2 Å². The Hall–Kier alpha value is -7.16.